The Morgan fingerprint density at radius 3 is 2.78 bits per heavy atom. The first kappa shape index (κ1) is 15.0. The van der Waals surface area contributed by atoms with Crippen LogP contribution in [0.15, 0.2) is 27.4 Å². The van der Waals surface area contributed by atoms with Crippen LogP contribution in [0.3, 0.4) is 0 Å². The molecular formula is C16H13FN2O4. The van der Waals surface area contributed by atoms with Gasteiger partial charge in [-0.1, -0.05) is 0 Å². The molecule has 2 N–H and O–H groups in total. The van der Waals surface area contributed by atoms with E-state index in [9.17, 15) is 14.0 Å². The molecule has 118 valence electrons. The Morgan fingerprint density at radius 2 is 2.09 bits per heavy atom. The van der Waals surface area contributed by atoms with Crippen LogP contribution in [0.2, 0.25) is 0 Å². The van der Waals surface area contributed by atoms with Crippen LogP contribution in [0.25, 0.3) is 22.1 Å². The highest BCUT2D eigenvalue weighted by Crippen LogP contribution is 2.23. The summed E-state index contributed by atoms with van der Waals surface area (Å²) in [5, 5.41) is 0.290. The second kappa shape index (κ2) is 5.35. The topological polar surface area (TPSA) is 95.4 Å². The number of nitrogen functional groups attached to an aromatic ring is 1. The first-order valence-electron chi connectivity index (χ1n) is 6.92. The Hall–Kier alpha value is -2.96. The SMILES string of the molecule is CCOC(=O)c1cc2c(=O)c3cc(C)c(F)cc3oc2nc1N. The van der Waals surface area contributed by atoms with Gasteiger partial charge in [0, 0.05) is 6.07 Å². The fraction of sp³-hybridized carbons (Fsp3) is 0.188. The molecule has 0 atom stereocenters. The van der Waals surface area contributed by atoms with E-state index in [1.807, 2.05) is 0 Å². The minimum absolute atomic E-state index is 0.00941. The lowest BCUT2D eigenvalue weighted by Gasteiger charge is -2.07. The zero-order chi connectivity index (χ0) is 16.7. The van der Waals surface area contributed by atoms with E-state index in [1.165, 1.54) is 12.1 Å². The molecule has 0 saturated carbocycles. The average Bonchev–Trinajstić information content (AvgIpc) is 2.49. The number of nitrogens with two attached hydrogens (primary N) is 1. The number of esters is 1. The summed E-state index contributed by atoms with van der Waals surface area (Å²) in [4.78, 5) is 28.4. The molecule has 0 bridgehead atoms. The Bertz CT molecular complexity index is 1010. The molecule has 3 rings (SSSR count). The summed E-state index contributed by atoms with van der Waals surface area (Å²) in [6.45, 7) is 3.37. The number of nitrogens with zero attached hydrogens (tertiary/aromatic N) is 1. The Morgan fingerprint density at radius 1 is 1.35 bits per heavy atom. The highest BCUT2D eigenvalue weighted by molar-refractivity contribution is 5.99. The summed E-state index contributed by atoms with van der Waals surface area (Å²) in [6.07, 6.45) is 0. The van der Waals surface area contributed by atoms with Crippen molar-refractivity contribution in [2.24, 2.45) is 0 Å². The van der Waals surface area contributed by atoms with Crippen LogP contribution >= 0.6 is 0 Å². The number of hydrogen-bond donors (Lipinski definition) is 1. The second-order valence-electron chi connectivity index (χ2n) is 5.02. The van der Waals surface area contributed by atoms with Crippen molar-refractivity contribution in [3.8, 4) is 0 Å². The molecule has 0 unspecified atom stereocenters. The highest BCUT2D eigenvalue weighted by Gasteiger charge is 2.18. The number of halogens is 1. The quantitative estimate of drug-likeness (QED) is 0.576. The number of aryl methyl sites for hydroxylation is 1. The van der Waals surface area contributed by atoms with E-state index >= 15 is 0 Å². The molecule has 23 heavy (non-hydrogen) atoms. The van der Waals surface area contributed by atoms with Gasteiger partial charge in [0.15, 0.2) is 0 Å². The van der Waals surface area contributed by atoms with Gasteiger partial charge in [0.2, 0.25) is 11.1 Å². The number of pyridine rings is 1. The minimum Gasteiger partial charge on any atom is -0.462 e. The summed E-state index contributed by atoms with van der Waals surface area (Å²) >= 11 is 0. The van der Waals surface area contributed by atoms with Crippen molar-refractivity contribution in [3.63, 3.8) is 0 Å². The number of anilines is 1. The molecule has 7 heteroatoms. The number of rotatable bonds is 2. The average molecular weight is 316 g/mol. The van der Waals surface area contributed by atoms with Crippen LogP contribution in [-0.2, 0) is 4.74 Å². The van der Waals surface area contributed by atoms with Crippen molar-refractivity contribution < 1.29 is 18.3 Å². The Labute approximate surface area is 129 Å². The first-order valence-corrected chi connectivity index (χ1v) is 6.92. The predicted octanol–water partition coefficient (Wildman–Crippen LogP) is 2.55. The van der Waals surface area contributed by atoms with Crippen LogP contribution in [-0.4, -0.2) is 17.6 Å². The van der Waals surface area contributed by atoms with Gasteiger partial charge >= 0.3 is 5.97 Å². The van der Waals surface area contributed by atoms with Gasteiger partial charge in [0.1, 0.15) is 22.8 Å². The number of ether oxygens (including phenoxy) is 1. The summed E-state index contributed by atoms with van der Waals surface area (Å²) in [7, 11) is 0. The maximum atomic E-state index is 13.6. The van der Waals surface area contributed by atoms with E-state index in [0.717, 1.165) is 6.07 Å². The predicted molar refractivity (Wildman–Crippen MR) is 82.8 cm³/mol. The lowest BCUT2D eigenvalue weighted by molar-refractivity contribution is 0.0527. The van der Waals surface area contributed by atoms with Crippen molar-refractivity contribution in [3.05, 3.63) is 45.4 Å². The molecule has 0 radical (unpaired) electrons. The van der Waals surface area contributed by atoms with Crippen LogP contribution in [0.1, 0.15) is 22.8 Å². The number of hydrogen-bond acceptors (Lipinski definition) is 6. The third-order valence-electron chi connectivity index (χ3n) is 3.47. The molecule has 0 aliphatic carbocycles. The molecule has 1 aromatic carbocycles. The van der Waals surface area contributed by atoms with E-state index in [4.69, 9.17) is 14.9 Å². The minimum atomic E-state index is -0.672. The molecular weight excluding hydrogens is 303 g/mol. The van der Waals surface area contributed by atoms with Crippen LogP contribution < -0.4 is 11.2 Å². The smallest absolute Gasteiger partial charge is 0.341 e. The number of benzene rings is 1. The fourth-order valence-corrected chi connectivity index (χ4v) is 2.30. The largest absolute Gasteiger partial charge is 0.462 e. The van der Waals surface area contributed by atoms with Gasteiger partial charge in [0.05, 0.1) is 17.4 Å². The van der Waals surface area contributed by atoms with E-state index in [1.54, 1.807) is 13.8 Å². The van der Waals surface area contributed by atoms with Crippen molar-refractivity contribution in [2.75, 3.05) is 12.3 Å². The normalized spacial score (nSPS) is 11.1. The number of fused-ring (bicyclic) bond motifs is 2. The van der Waals surface area contributed by atoms with E-state index in [2.05, 4.69) is 4.98 Å². The number of aromatic nitrogens is 1. The molecule has 0 aliphatic rings. The van der Waals surface area contributed by atoms with Gasteiger partial charge in [-0.2, -0.15) is 4.98 Å². The van der Waals surface area contributed by atoms with Crippen LogP contribution in [0, 0.1) is 12.7 Å². The third-order valence-corrected chi connectivity index (χ3v) is 3.47. The molecule has 0 saturated heterocycles. The van der Waals surface area contributed by atoms with Crippen molar-refractivity contribution in [1.29, 1.82) is 0 Å². The molecule has 6 nitrogen and oxygen atoms in total. The van der Waals surface area contributed by atoms with Crippen LogP contribution in [0.4, 0.5) is 10.2 Å². The summed E-state index contributed by atoms with van der Waals surface area (Å²) < 4.78 is 24.0. The van der Waals surface area contributed by atoms with E-state index < -0.39 is 17.2 Å². The standard InChI is InChI=1S/C16H13FN2O4/c1-3-22-16(21)10-5-9-13(20)8-4-7(2)11(17)6-12(8)23-15(9)19-14(10)18/h4-6H,3H2,1-2H3,(H2,18,19). The molecule has 0 amide bonds. The number of carbonyl (C=O) groups excluding carboxylic acids is 1. The highest BCUT2D eigenvalue weighted by atomic mass is 19.1. The van der Waals surface area contributed by atoms with Gasteiger partial charge in [-0.05, 0) is 31.5 Å². The lowest BCUT2D eigenvalue weighted by Crippen LogP contribution is -2.12. The van der Waals surface area contributed by atoms with Gasteiger partial charge < -0.3 is 14.9 Å². The molecule has 0 spiro atoms. The summed E-state index contributed by atoms with van der Waals surface area (Å²) in [5.74, 6) is -1.28. The molecule has 2 heterocycles. The Kier molecular flexibility index (Phi) is 3.48. The van der Waals surface area contributed by atoms with E-state index in [-0.39, 0.29) is 40.1 Å². The molecule has 2 aromatic heterocycles. The summed E-state index contributed by atoms with van der Waals surface area (Å²) in [6, 6.07) is 3.82. The molecule has 0 fully saturated rings. The third kappa shape index (κ3) is 2.40. The van der Waals surface area contributed by atoms with Crippen molar-refractivity contribution in [2.45, 2.75) is 13.8 Å². The maximum Gasteiger partial charge on any atom is 0.341 e. The van der Waals surface area contributed by atoms with Crippen LogP contribution in [0.5, 0.6) is 0 Å². The molecule has 0 aliphatic heterocycles. The van der Waals surface area contributed by atoms with Gasteiger partial charge in [0.25, 0.3) is 0 Å². The number of carbonyl (C=O) groups is 1. The fourth-order valence-electron chi connectivity index (χ4n) is 2.30. The van der Waals surface area contributed by atoms with Crippen molar-refractivity contribution >= 4 is 33.9 Å². The monoisotopic (exact) mass is 316 g/mol. The first-order chi connectivity index (χ1) is 10.9. The maximum absolute atomic E-state index is 13.6. The zero-order valence-corrected chi connectivity index (χ0v) is 12.5. The van der Waals surface area contributed by atoms with Gasteiger partial charge in [-0.25, -0.2) is 9.18 Å². The molecule has 3 aromatic rings. The lowest BCUT2D eigenvalue weighted by atomic mass is 10.1. The van der Waals surface area contributed by atoms with Gasteiger partial charge in [-0.3, -0.25) is 4.79 Å². The van der Waals surface area contributed by atoms with Crippen molar-refractivity contribution in [1.82, 2.24) is 4.98 Å². The second-order valence-corrected chi connectivity index (χ2v) is 5.02. The van der Waals surface area contributed by atoms with Gasteiger partial charge in [-0.15, -0.1) is 0 Å². The zero-order valence-electron chi connectivity index (χ0n) is 12.5. The Balaban J connectivity index is 2.36. The van der Waals surface area contributed by atoms with E-state index in [0.29, 0.717) is 5.56 Å². The summed E-state index contributed by atoms with van der Waals surface area (Å²) in [5.41, 5.74) is 5.62.